The van der Waals surface area contributed by atoms with Crippen molar-refractivity contribution in [3.8, 4) is 22.8 Å². The largest absolute Gasteiger partial charge is 0.491 e. The number of hydrogen-bond donors (Lipinski definition) is 0. The first kappa shape index (κ1) is 30.3. The monoisotopic (exact) mass is 578 g/mol. The van der Waals surface area contributed by atoms with E-state index >= 15 is 0 Å². The molecule has 4 aromatic rings. The number of hydrogen-bond acceptors (Lipinski definition) is 6. The smallest absolute Gasteiger partial charge is 0.264 e. The molecule has 2 aromatic carbocycles. The fourth-order valence-electron chi connectivity index (χ4n) is 5.49. The molecule has 0 radical (unpaired) electrons. The molecule has 0 saturated heterocycles. The molecule has 2 heterocycles. The molecule has 0 unspecified atom stereocenters. The number of carbonyl (C=O) groups is 1. The quantitative estimate of drug-likeness (QED) is 0.159. The van der Waals surface area contributed by atoms with Crippen molar-refractivity contribution in [1.82, 2.24) is 19.5 Å². The van der Waals surface area contributed by atoms with Crippen LogP contribution >= 0.6 is 0 Å². The number of rotatable bonds is 14. The molecular formula is C36H42N4O3. The summed E-state index contributed by atoms with van der Waals surface area (Å²) < 4.78 is 7.08. The van der Waals surface area contributed by atoms with Gasteiger partial charge in [0.25, 0.3) is 5.56 Å². The van der Waals surface area contributed by atoms with Gasteiger partial charge in [-0.3, -0.25) is 9.59 Å². The third kappa shape index (κ3) is 7.27. The highest BCUT2D eigenvalue weighted by Gasteiger charge is 2.29. The first-order chi connectivity index (χ1) is 20.9. The predicted molar refractivity (Wildman–Crippen MR) is 170 cm³/mol. The van der Waals surface area contributed by atoms with E-state index in [4.69, 9.17) is 9.72 Å². The van der Waals surface area contributed by atoms with Crippen LogP contribution in [0.5, 0.6) is 5.75 Å². The van der Waals surface area contributed by atoms with Gasteiger partial charge in [-0.25, -0.2) is 19.5 Å². The van der Waals surface area contributed by atoms with Gasteiger partial charge in [0.2, 0.25) is 5.95 Å². The minimum atomic E-state index is -0.122. The van der Waals surface area contributed by atoms with Crippen molar-refractivity contribution in [2.24, 2.45) is 5.92 Å². The van der Waals surface area contributed by atoms with Crippen LogP contribution in [0.4, 0.5) is 0 Å². The lowest BCUT2D eigenvalue weighted by atomic mass is 9.94. The molecule has 1 saturated carbocycles. The predicted octanol–water partition coefficient (Wildman–Crippen LogP) is 7.06. The second-order valence-electron chi connectivity index (χ2n) is 11.7. The molecule has 1 aliphatic rings. The Bertz CT molecular complexity index is 1600. The molecule has 0 bridgehead atoms. The van der Waals surface area contributed by atoms with Crippen molar-refractivity contribution in [1.29, 1.82) is 0 Å². The van der Waals surface area contributed by atoms with Crippen molar-refractivity contribution < 1.29 is 9.53 Å². The summed E-state index contributed by atoms with van der Waals surface area (Å²) in [5.74, 6) is 2.23. The Kier molecular flexibility index (Phi) is 9.80. The molecule has 7 nitrogen and oxygen atoms in total. The summed E-state index contributed by atoms with van der Waals surface area (Å²) in [5.41, 5.74) is 5.91. The normalized spacial score (nSPS) is 13.0. The van der Waals surface area contributed by atoms with Crippen LogP contribution in [0.1, 0.15) is 93.9 Å². The number of carbonyl (C=O) groups excluding carboxylic acids is 1. The van der Waals surface area contributed by atoms with Crippen LogP contribution in [0.15, 0.2) is 65.7 Å². The van der Waals surface area contributed by atoms with Gasteiger partial charge in [0, 0.05) is 30.2 Å². The molecule has 0 atom stereocenters. The lowest BCUT2D eigenvalue weighted by molar-refractivity contribution is -0.120. The molecule has 0 amide bonds. The second kappa shape index (κ2) is 13.9. The Morgan fingerprint density at radius 1 is 1.00 bits per heavy atom. The van der Waals surface area contributed by atoms with E-state index in [9.17, 15) is 9.59 Å². The van der Waals surface area contributed by atoms with E-state index in [2.05, 4.69) is 53.3 Å². The van der Waals surface area contributed by atoms with Crippen molar-refractivity contribution >= 4 is 5.78 Å². The van der Waals surface area contributed by atoms with Crippen molar-refractivity contribution in [3.05, 3.63) is 99.5 Å². The Hall–Kier alpha value is -4.13. The summed E-state index contributed by atoms with van der Waals surface area (Å²) in [6.07, 6.45) is 9.86. The average Bonchev–Trinajstić information content (AvgIpc) is 3.87. The minimum Gasteiger partial charge on any atom is -0.491 e. The molecule has 5 rings (SSSR count). The van der Waals surface area contributed by atoms with Gasteiger partial charge in [-0.05, 0) is 61.3 Å². The summed E-state index contributed by atoms with van der Waals surface area (Å²) in [6, 6.07) is 16.8. The molecule has 224 valence electrons. The highest BCUT2D eigenvalue weighted by molar-refractivity contribution is 5.83. The fourth-order valence-corrected chi connectivity index (χ4v) is 5.49. The van der Waals surface area contributed by atoms with Crippen molar-refractivity contribution in [2.45, 2.75) is 85.0 Å². The molecule has 0 N–H and O–H groups in total. The van der Waals surface area contributed by atoms with Gasteiger partial charge >= 0.3 is 0 Å². The van der Waals surface area contributed by atoms with E-state index in [1.807, 2.05) is 32.9 Å². The van der Waals surface area contributed by atoms with Gasteiger partial charge in [-0.2, -0.15) is 0 Å². The molecular weight excluding hydrogens is 536 g/mol. The van der Waals surface area contributed by atoms with Gasteiger partial charge in [0.15, 0.2) is 5.75 Å². The Morgan fingerprint density at radius 3 is 2.37 bits per heavy atom. The molecule has 2 aromatic heterocycles. The Labute approximate surface area is 254 Å². The number of aryl methyl sites for hydroxylation is 2. The fraction of sp³-hybridized carbons (Fsp3) is 0.417. The van der Waals surface area contributed by atoms with Crippen LogP contribution in [0.25, 0.3) is 17.1 Å². The number of aromatic nitrogens is 4. The average molecular weight is 579 g/mol. The number of ether oxygens (including phenoxy) is 1. The summed E-state index contributed by atoms with van der Waals surface area (Å²) in [5, 5.41) is 0. The second-order valence-corrected chi connectivity index (χ2v) is 11.7. The number of unbranched alkanes of at least 4 members (excludes halogenated alkanes) is 1. The maximum Gasteiger partial charge on any atom is 0.264 e. The van der Waals surface area contributed by atoms with Gasteiger partial charge in [0.1, 0.15) is 11.6 Å². The van der Waals surface area contributed by atoms with Crippen LogP contribution in [-0.2, 0) is 24.1 Å². The maximum absolute atomic E-state index is 14.2. The van der Waals surface area contributed by atoms with Crippen LogP contribution in [-0.4, -0.2) is 31.9 Å². The van der Waals surface area contributed by atoms with Gasteiger partial charge in [-0.1, -0.05) is 75.7 Å². The maximum atomic E-state index is 14.2. The third-order valence-electron chi connectivity index (χ3n) is 8.03. The summed E-state index contributed by atoms with van der Waals surface area (Å²) in [4.78, 5) is 40.5. The Balaban J connectivity index is 1.46. The Morgan fingerprint density at radius 2 is 1.72 bits per heavy atom. The SMILES string of the molecule is CCCCc1nc(C(C)C)n(-c2ncc(OCC)cn2)c(=O)c1Cc1ccc(-c2ccccc2CCC(=O)C2CC2)cc1. The lowest BCUT2D eigenvalue weighted by Gasteiger charge is -2.18. The molecule has 1 aliphatic carbocycles. The van der Waals surface area contributed by atoms with Crippen LogP contribution in [0.2, 0.25) is 0 Å². The number of benzene rings is 2. The topological polar surface area (TPSA) is 87.0 Å². The van der Waals surface area contributed by atoms with E-state index in [-0.39, 0.29) is 11.5 Å². The zero-order valence-electron chi connectivity index (χ0n) is 25.8. The zero-order valence-corrected chi connectivity index (χ0v) is 25.8. The first-order valence-electron chi connectivity index (χ1n) is 15.7. The van der Waals surface area contributed by atoms with Crippen molar-refractivity contribution in [3.63, 3.8) is 0 Å². The van der Waals surface area contributed by atoms with E-state index in [1.165, 1.54) is 5.56 Å². The van der Waals surface area contributed by atoms with E-state index in [1.54, 1.807) is 17.0 Å². The van der Waals surface area contributed by atoms with Gasteiger partial charge in [0.05, 0.1) is 24.7 Å². The molecule has 1 fully saturated rings. The van der Waals surface area contributed by atoms with Crippen LogP contribution in [0.3, 0.4) is 0 Å². The van der Waals surface area contributed by atoms with Crippen LogP contribution < -0.4 is 10.3 Å². The number of Topliss-reactive ketones (excluding diaryl/α,β-unsaturated/α-hetero) is 1. The molecule has 7 heteroatoms. The van der Waals surface area contributed by atoms with E-state index in [0.29, 0.717) is 54.2 Å². The minimum absolute atomic E-state index is 0.0104. The molecule has 0 spiro atoms. The third-order valence-corrected chi connectivity index (χ3v) is 8.03. The number of ketones is 1. The van der Waals surface area contributed by atoms with Gasteiger partial charge in [-0.15, -0.1) is 0 Å². The summed E-state index contributed by atoms with van der Waals surface area (Å²) in [6.45, 7) is 8.64. The first-order valence-corrected chi connectivity index (χ1v) is 15.7. The highest BCUT2D eigenvalue weighted by atomic mass is 16.5. The summed E-state index contributed by atoms with van der Waals surface area (Å²) in [7, 11) is 0. The highest BCUT2D eigenvalue weighted by Crippen LogP contribution is 2.32. The molecule has 43 heavy (non-hydrogen) atoms. The number of nitrogens with zero attached hydrogens (tertiary/aromatic N) is 4. The van der Waals surface area contributed by atoms with E-state index in [0.717, 1.165) is 60.9 Å². The lowest BCUT2D eigenvalue weighted by Crippen LogP contribution is -2.31. The molecule has 0 aliphatic heterocycles. The van der Waals surface area contributed by atoms with Crippen molar-refractivity contribution in [2.75, 3.05) is 6.61 Å². The van der Waals surface area contributed by atoms with Crippen LogP contribution in [0, 0.1) is 5.92 Å². The summed E-state index contributed by atoms with van der Waals surface area (Å²) >= 11 is 0. The van der Waals surface area contributed by atoms with E-state index < -0.39 is 0 Å². The van der Waals surface area contributed by atoms with Gasteiger partial charge < -0.3 is 4.74 Å². The standard InChI is InChI=1S/C36H42N4O3/c1-5-7-12-32-31(35(42)40(34(39-32)24(3)4)36-37-22-29(23-38-36)43-6-2)21-25-13-15-27(16-14-25)30-11-9-8-10-26(30)19-20-33(41)28-17-18-28/h8-11,13-16,22-24,28H,5-7,12,17-21H2,1-4H3. The zero-order chi connectivity index (χ0) is 30.3.